The van der Waals surface area contributed by atoms with Gasteiger partial charge in [0.2, 0.25) is 0 Å². The molecule has 2 heteroatoms. The van der Waals surface area contributed by atoms with Gasteiger partial charge in [-0.3, -0.25) is 9.69 Å². The van der Waals surface area contributed by atoms with Gasteiger partial charge in [-0.05, 0) is 38.8 Å². The van der Waals surface area contributed by atoms with Crippen LogP contribution in [-0.4, -0.2) is 29.8 Å². The summed E-state index contributed by atoms with van der Waals surface area (Å²) in [5.41, 5.74) is 0. The van der Waals surface area contributed by atoms with Crippen LogP contribution in [0.3, 0.4) is 0 Å². The second-order valence-electron chi connectivity index (χ2n) is 3.62. The summed E-state index contributed by atoms with van der Waals surface area (Å²) in [5, 5.41) is 0. The van der Waals surface area contributed by atoms with Gasteiger partial charge in [0.1, 0.15) is 5.78 Å². The zero-order valence-corrected chi connectivity index (χ0v) is 6.88. The zero-order valence-electron chi connectivity index (χ0n) is 6.88. The second-order valence-corrected chi connectivity index (χ2v) is 3.62. The molecule has 2 aliphatic rings. The SMILES string of the molecule is O=C1CCCC1N1CCCC1. The zero-order chi connectivity index (χ0) is 7.68. The molecule has 0 spiro atoms. The summed E-state index contributed by atoms with van der Waals surface area (Å²) in [6.07, 6.45) is 5.67. The molecule has 2 nitrogen and oxygen atoms in total. The van der Waals surface area contributed by atoms with E-state index >= 15 is 0 Å². The minimum atomic E-state index is 0.317. The smallest absolute Gasteiger partial charge is 0.149 e. The van der Waals surface area contributed by atoms with Gasteiger partial charge in [-0.1, -0.05) is 0 Å². The Hall–Kier alpha value is -0.370. The minimum Gasteiger partial charge on any atom is -0.298 e. The molecule has 1 aliphatic carbocycles. The van der Waals surface area contributed by atoms with Crippen molar-refractivity contribution in [1.29, 1.82) is 0 Å². The van der Waals surface area contributed by atoms with Gasteiger partial charge in [-0.15, -0.1) is 0 Å². The molecule has 0 aromatic carbocycles. The fourth-order valence-electron chi connectivity index (χ4n) is 2.24. The maximum absolute atomic E-state index is 11.3. The van der Waals surface area contributed by atoms with Crippen molar-refractivity contribution in [3.8, 4) is 0 Å². The van der Waals surface area contributed by atoms with Gasteiger partial charge in [-0.25, -0.2) is 0 Å². The van der Waals surface area contributed by atoms with Crippen LogP contribution in [0.4, 0.5) is 0 Å². The van der Waals surface area contributed by atoms with Crippen LogP contribution in [-0.2, 0) is 4.79 Å². The quantitative estimate of drug-likeness (QED) is 0.564. The Morgan fingerprint density at radius 3 is 2.45 bits per heavy atom. The highest BCUT2D eigenvalue weighted by atomic mass is 16.1. The molecule has 62 valence electrons. The average molecular weight is 153 g/mol. The van der Waals surface area contributed by atoms with E-state index in [-0.39, 0.29) is 0 Å². The van der Waals surface area contributed by atoms with Gasteiger partial charge >= 0.3 is 0 Å². The highest BCUT2D eigenvalue weighted by Crippen LogP contribution is 2.23. The topological polar surface area (TPSA) is 20.3 Å². The van der Waals surface area contributed by atoms with Crippen LogP contribution in [0.15, 0.2) is 0 Å². The summed E-state index contributed by atoms with van der Waals surface area (Å²) >= 11 is 0. The Labute approximate surface area is 67.6 Å². The number of rotatable bonds is 1. The third kappa shape index (κ3) is 1.32. The van der Waals surface area contributed by atoms with Gasteiger partial charge in [0, 0.05) is 6.42 Å². The molecule has 0 radical (unpaired) electrons. The van der Waals surface area contributed by atoms with E-state index < -0.39 is 0 Å². The number of hydrogen-bond acceptors (Lipinski definition) is 2. The van der Waals surface area contributed by atoms with E-state index in [1.165, 1.54) is 12.8 Å². The monoisotopic (exact) mass is 153 g/mol. The molecule has 0 aromatic heterocycles. The van der Waals surface area contributed by atoms with E-state index in [2.05, 4.69) is 4.90 Å². The maximum Gasteiger partial charge on any atom is 0.149 e. The van der Waals surface area contributed by atoms with E-state index in [0.717, 1.165) is 32.4 Å². The summed E-state index contributed by atoms with van der Waals surface area (Å²) < 4.78 is 0. The molecule has 1 saturated carbocycles. The van der Waals surface area contributed by atoms with Crippen molar-refractivity contribution >= 4 is 5.78 Å². The van der Waals surface area contributed by atoms with E-state index in [0.29, 0.717) is 11.8 Å². The summed E-state index contributed by atoms with van der Waals surface area (Å²) in [6.45, 7) is 2.33. The van der Waals surface area contributed by atoms with Crippen LogP contribution in [0.25, 0.3) is 0 Å². The summed E-state index contributed by atoms with van der Waals surface area (Å²) in [6, 6.07) is 0.317. The first kappa shape index (κ1) is 7.29. The number of carbonyl (C=O) groups is 1. The fourth-order valence-corrected chi connectivity index (χ4v) is 2.24. The van der Waals surface area contributed by atoms with Gasteiger partial charge < -0.3 is 0 Å². The van der Waals surface area contributed by atoms with E-state index in [9.17, 15) is 4.79 Å². The third-order valence-electron chi connectivity index (χ3n) is 2.85. The molecule has 0 bridgehead atoms. The predicted molar refractivity (Wildman–Crippen MR) is 43.5 cm³/mol. The van der Waals surface area contributed by atoms with Crippen LogP contribution < -0.4 is 0 Å². The van der Waals surface area contributed by atoms with Crippen molar-refractivity contribution in [3.05, 3.63) is 0 Å². The molecule has 11 heavy (non-hydrogen) atoms. The molecule has 1 aliphatic heterocycles. The van der Waals surface area contributed by atoms with Gasteiger partial charge in [0.15, 0.2) is 0 Å². The van der Waals surface area contributed by atoms with Gasteiger partial charge in [0.05, 0.1) is 6.04 Å². The van der Waals surface area contributed by atoms with Crippen molar-refractivity contribution in [2.24, 2.45) is 0 Å². The van der Waals surface area contributed by atoms with Crippen molar-refractivity contribution in [2.45, 2.75) is 38.1 Å². The van der Waals surface area contributed by atoms with Crippen LogP contribution in [0.2, 0.25) is 0 Å². The number of ketones is 1. The first-order valence-corrected chi connectivity index (χ1v) is 4.65. The molecule has 1 saturated heterocycles. The molecule has 0 aromatic rings. The Balaban J connectivity index is 1.97. The van der Waals surface area contributed by atoms with Crippen LogP contribution in [0, 0.1) is 0 Å². The lowest BCUT2D eigenvalue weighted by atomic mass is 10.2. The number of likely N-dealkylation sites (tertiary alicyclic amines) is 1. The Kier molecular flexibility index (Phi) is 1.95. The first-order chi connectivity index (χ1) is 5.38. The lowest BCUT2D eigenvalue weighted by molar-refractivity contribution is -0.121. The van der Waals surface area contributed by atoms with Crippen molar-refractivity contribution in [1.82, 2.24) is 4.90 Å². The normalized spacial score (nSPS) is 33.5. The molecule has 2 rings (SSSR count). The molecule has 0 N–H and O–H groups in total. The lowest BCUT2D eigenvalue weighted by Crippen LogP contribution is -2.35. The Morgan fingerprint density at radius 2 is 1.91 bits per heavy atom. The molecule has 0 amide bonds. The summed E-state index contributed by atoms with van der Waals surface area (Å²) in [5.74, 6) is 0.493. The van der Waals surface area contributed by atoms with E-state index in [1.807, 2.05) is 0 Å². The van der Waals surface area contributed by atoms with Crippen molar-refractivity contribution < 1.29 is 4.79 Å². The van der Waals surface area contributed by atoms with Crippen LogP contribution in [0.5, 0.6) is 0 Å². The number of hydrogen-bond donors (Lipinski definition) is 0. The molecule has 2 fully saturated rings. The van der Waals surface area contributed by atoms with E-state index in [4.69, 9.17) is 0 Å². The van der Waals surface area contributed by atoms with Gasteiger partial charge in [0.25, 0.3) is 0 Å². The largest absolute Gasteiger partial charge is 0.298 e. The maximum atomic E-state index is 11.3. The third-order valence-corrected chi connectivity index (χ3v) is 2.85. The van der Waals surface area contributed by atoms with Crippen LogP contribution >= 0.6 is 0 Å². The summed E-state index contributed by atoms with van der Waals surface area (Å²) in [7, 11) is 0. The highest BCUT2D eigenvalue weighted by molar-refractivity contribution is 5.85. The van der Waals surface area contributed by atoms with Gasteiger partial charge in [-0.2, -0.15) is 0 Å². The number of nitrogens with zero attached hydrogens (tertiary/aromatic N) is 1. The Morgan fingerprint density at radius 1 is 1.18 bits per heavy atom. The molecule has 1 atom stereocenters. The standard InChI is InChI=1S/C9H15NO/c11-9-5-3-4-8(9)10-6-1-2-7-10/h8H,1-7H2. The first-order valence-electron chi connectivity index (χ1n) is 4.65. The van der Waals surface area contributed by atoms with E-state index in [1.54, 1.807) is 0 Å². The second kappa shape index (κ2) is 2.94. The lowest BCUT2D eigenvalue weighted by Gasteiger charge is -2.20. The summed E-state index contributed by atoms with van der Waals surface area (Å²) in [4.78, 5) is 13.7. The minimum absolute atomic E-state index is 0.317. The fraction of sp³-hybridized carbons (Fsp3) is 0.889. The highest BCUT2D eigenvalue weighted by Gasteiger charge is 2.31. The molecule has 1 unspecified atom stereocenters. The molecule has 1 heterocycles. The molecular formula is C9H15NO. The average Bonchev–Trinajstić information content (AvgIpc) is 2.55. The Bertz CT molecular complexity index is 161. The number of carbonyl (C=O) groups excluding carboxylic acids is 1. The van der Waals surface area contributed by atoms with Crippen LogP contribution in [0.1, 0.15) is 32.1 Å². The van der Waals surface area contributed by atoms with Crippen molar-refractivity contribution in [3.63, 3.8) is 0 Å². The predicted octanol–water partition coefficient (Wildman–Crippen LogP) is 1.20. The van der Waals surface area contributed by atoms with Crippen molar-refractivity contribution in [2.75, 3.05) is 13.1 Å². The molecular weight excluding hydrogens is 138 g/mol. The number of Topliss-reactive ketones (excluding diaryl/α,β-unsaturated/α-hetero) is 1.